The summed E-state index contributed by atoms with van der Waals surface area (Å²) in [5.74, 6) is 0.359. The van der Waals surface area contributed by atoms with Crippen LogP contribution >= 0.6 is 0 Å². The van der Waals surface area contributed by atoms with Gasteiger partial charge in [0.15, 0.2) is 0 Å². The van der Waals surface area contributed by atoms with Crippen molar-refractivity contribution in [2.24, 2.45) is 0 Å². The molecular weight excluding hydrogens is 238 g/mol. The lowest BCUT2D eigenvalue weighted by Crippen LogP contribution is -2.39. The summed E-state index contributed by atoms with van der Waals surface area (Å²) in [7, 11) is 2.15. The van der Waals surface area contributed by atoms with Gasteiger partial charge in [0.2, 0.25) is 5.91 Å². The molecule has 110 valence electrons. The van der Waals surface area contributed by atoms with E-state index in [1.54, 1.807) is 0 Å². The first-order chi connectivity index (χ1) is 9.00. The van der Waals surface area contributed by atoms with E-state index in [4.69, 9.17) is 0 Å². The molecule has 2 aliphatic rings. The Balaban J connectivity index is 1.84. The Bertz CT molecular complexity index is 325. The molecule has 4 nitrogen and oxygen atoms in total. The van der Waals surface area contributed by atoms with Crippen LogP contribution in [0.3, 0.4) is 0 Å². The van der Waals surface area contributed by atoms with Gasteiger partial charge in [0, 0.05) is 12.6 Å². The molecule has 1 aliphatic carbocycles. The van der Waals surface area contributed by atoms with Gasteiger partial charge in [-0.3, -0.25) is 10.1 Å². The van der Waals surface area contributed by atoms with Crippen molar-refractivity contribution in [1.82, 2.24) is 15.1 Å². The number of amides is 1. The van der Waals surface area contributed by atoms with Crippen LogP contribution in [-0.4, -0.2) is 53.6 Å². The van der Waals surface area contributed by atoms with E-state index in [0.717, 1.165) is 45.2 Å². The topological polar surface area (TPSA) is 35.6 Å². The molecule has 0 radical (unpaired) electrons. The molecule has 1 saturated heterocycles. The van der Waals surface area contributed by atoms with Crippen molar-refractivity contribution >= 4 is 5.91 Å². The highest BCUT2D eigenvalue weighted by atomic mass is 16.2. The fourth-order valence-electron chi connectivity index (χ4n) is 2.87. The minimum absolute atomic E-state index is 0.149. The Morgan fingerprint density at radius 3 is 2.68 bits per heavy atom. The van der Waals surface area contributed by atoms with Crippen molar-refractivity contribution in [3.63, 3.8) is 0 Å². The molecule has 0 bridgehead atoms. The SMILES string of the molecule is CCCC1NC2(CC2)C(=O)N1CCCN(C)C(C)C. The second kappa shape index (κ2) is 5.80. The van der Waals surface area contributed by atoms with E-state index in [1.165, 1.54) is 0 Å². The van der Waals surface area contributed by atoms with E-state index < -0.39 is 0 Å². The summed E-state index contributed by atoms with van der Waals surface area (Å²) < 4.78 is 0. The number of hydrogen-bond donors (Lipinski definition) is 1. The Morgan fingerprint density at radius 2 is 2.16 bits per heavy atom. The largest absolute Gasteiger partial charge is 0.325 e. The average molecular weight is 267 g/mol. The summed E-state index contributed by atoms with van der Waals surface area (Å²) >= 11 is 0. The third-order valence-corrected chi connectivity index (χ3v) is 4.59. The van der Waals surface area contributed by atoms with Crippen LogP contribution in [0, 0.1) is 0 Å². The molecule has 0 aromatic heterocycles. The number of rotatable bonds is 7. The Morgan fingerprint density at radius 1 is 1.47 bits per heavy atom. The summed E-state index contributed by atoms with van der Waals surface area (Å²) in [4.78, 5) is 16.9. The number of nitrogens with zero attached hydrogens (tertiary/aromatic N) is 2. The van der Waals surface area contributed by atoms with Gasteiger partial charge in [-0.1, -0.05) is 13.3 Å². The molecule has 4 heteroatoms. The Labute approximate surface area is 117 Å². The zero-order valence-electron chi connectivity index (χ0n) is 12.9. The molecule has 1 amide bonds. The molecule has 1 aliphatic heterocycles. The van der Waals surface area contributed by atoms with E-state index in [1.807, 2.05) is 0 Å². The Kier molecular flexibility index (Phi) is 4.51. The van der Waals surface area contributed by atoms with Gasteiger partial charge in [-0.15, -0.1) is 0 Å². The van der Waals surface area contributed by atoms with E-state index in [9.17, 15) is 4.79 Å². The standard InChI is InChI=1S/C15H29N3O/c1-5-7-13-16-15(8-9-15)14(19)18(13)11-6-10-17(4)12(2)3/h12-13,16H,5-11H2,1-4H3. The lowest BCUT2D eigenvalue weighted by Gasteiger charge is -2.26. The molecule has 19 heavy (non-hydrogen) atoms. The highest BCUT2D eigenvalue weighted by Gasteiger charge is 2.58. The summed E-state index contributed by atoms with van der Waals surface area (Å²) in [5, 5.41) is 3.57. The zero-order valence-corrected chi connectivity index (χ0v) is 12.9. The third-order valence-electron chi connectivity index (χ3n) is 4.59. The van der Waals surface area contributed by atoms with Crippen molar-refractivity contribution in [3.05, 3.63) is 0 Å². The van der Waals surface area contributed by atoms with Crippen molar-refractivity contribution in [1.29, 1.82) is 0 Å². The maximum absolute atomic E-state index is 12.4. The fraction of sp³-hybridized carbons (Fsp3) is 0.933. The van der Waals surface area contributed by atoms with Crippen molar-refractivity contribution in [2.75, 3.05) is 20.1 Å². The highest BCUT2D eigenvalue weighted by Crippen LogP contribution is 2.42. The fourth-order valence-corrected chi connectivity index (χ4v) is 2.87. The van der Waals surface area contributed by atoms with E-state index >= 15 is 0 Å². The minimum atomic E-state index is -0.149. The minimum Gasteiger partial charge on any atom is -0.325 e. The lowest BCUT2D eigenvalue weighted by atomic mass is 10.2. The van der Waals surface area contributed by atoms with Crippen LogP contribution in [0.25, 0.3) is 0 Å². The normalized spacial score (nSPS) is 25.1. The maximum atomic E-state index is 12.4. The van der Waals surface area contributed by atoms with Crippen LogP contribution in [-0.2, 0) is 4.79 Å². The van der Waals surface area contributed by atoms with Crippen LogP contribution in [0.2, 0.25) is 0 Å². The number of carbonyl (C=O) groups is 1. The first-order valence-electron chi connectivity index (χ1n) is 7.79. The van der Waals surface area contributed by atoms with Gasteiger partial charge in [-0.2, -0.15) is 0 Å². The summed E-state index contributed by atoms with van der Waals surface area (Å²) in [6.45, 7) is 8.57. The summed E-state index contributed by atoms with van der Waals surface area (Å²) in [5.41, 5.74) is -0.149. The summed E-state index contributed by atoms with van der Waals surface area (Å²) in [6, 6.07) is 0.577. The Hall–Kier alpha value is -0.610. The van der Waals surface area contributed by atoms with Crippen molar-refractivity contribution < 1.29 is 4.79 Å². The number of hydrogen-bond acceptors (Lipinski definition) is 3. The maximum Gasteiger partial charge on any atom is 0.244 e. The molecular formula is C15H29N3O. The molecule has 2 rings (SSSR count). The van der Waals surface area contributed by atoms with E-state index in [2.05, 4.69) is 42.9 Å². The molecule has 0 aromatic rings. The monoisotopic (exact) mass is 267 g/mol. The van der Waals surface area contributed by atoms with Gasteiger partial charge in [0.25, 0.3) is 0 Å². The van der Waals surface area contributed by atoms with Crippen molar-refractivity contribution in [3.8, 4) is 0 Å². The second-order valence-electron chi connectivity index (χ2n) is 6.46. The van der Waals surface area contributed by atoms with Gasteiger partial charge < -0.3 is 9.80 Å². The van der Waals surface area contributed by atoms with Crippen LogP contribution in [0.1, 0.15) is 52.9 Å². The molecule has 1 heterocycles. The molecule has 2 fully saturated rings. The molecule has 1 spiro atoms. The third kappa shape index (κ3) is 3.11. The highest BCUT2D eigenvalue weighted by molar-refractivity contribution is 5.91. The molecule has 1 unspecified atom stereocenters. The first kappa shape index (κ1) is 14.8. The predicted molar refractivity (Wildman–Crippen MR) is 77.9 cm³/mol. The van der Waals surface area contributed by atoms with Crippen LogP contribution in [0.5, 0.6) is 0 Å². The first-order valence-corrected chi connectivity index (χ1v) is 7.79. The van der Waals surface area contributed by atoms with E-state index in [0.29, 0.717) is 11.9 Å². The van der Waals surface area contributed by atoms with Crippen LogP contribution in [0.15, 0.2) is 0 Å². The molecule has 1 N–H and O–H groups in total. The zero-order chi connectivity index (χ0) is 14.0. The smallest absolute Gasteiger partial charge is 0.244 e. The molecule has 1 atom stereocenters. The molecule has 0 aromatic carbocycles. The van der Waals surface area contributed by atoms with Gasteiger partial charge >= 0.3 is 0 Å². The molecule has 1 saturated carbocycles. The second-order valence-corrected chi connectivity index (χ2v) is 6.46. The quantitative estimate of drug-likeness (QED) is 0.764. The van der Waals surface area contributed by atoms with Crippen LogP contribution in [0.4, 0.5) is 0 Å². The van der Waals surface area contributed by atoms with E-state index in [-0.39, 0.29) is 11.7 Å². The van der Waals surface area contributed by atoms with Gasteiger partial charge in [0.05, 0.1) is 11.7 Å². The average Bonchev–Trinajstić information content (AvgIpc) is 3.09. The predicted octanol–water partition coefficient (Wildman–Crippen LogP) is 1.81. The van der Waals surface area contributed by atoms with Crippen molar-refractivity contribution in [2.45, 2.75) is 70.6 Å². The van der Waals surface area contributed by atoms with Crippen LogP contribution < -0.4 is 5.32 Å². The van der Waals surface area contributed by atoms with Gasteiger partial charge in [-0.25, -0.2) is 0 Å². The number of carbonyl (C=O) groups excluding carboxylic acids is 1. The van der Waals surface area contributed by atoms with Gasteiger partial charge in [0.1, 0.15) is 0 Å². The summed E-state index contributed by atoms with van der Waals surface area (Å²) in [6.07, 6.45) is 5.63. The van der Waals surface area contributed by atoms with Gasteiger partial charge in [-0.05, 0) is 53.1 Å². The number of nitrogens with one attached hydrogen (secondary N) is 1. The lowest BCUT2D eigenvalue weighted by molar-refractivity contribution is -0.130.